The third-order valence-corrected chi connectivity index (χ3v) is 3.98. The van der Waals surface area contributed by atoms with Gasteiger partial charge in [-0.3, -0.25) is 0 Å². The molecular formula is C17H24N2O2. The molecule has 1 aromatic carbocycles. The minimum absolute atomic E-state index is 0.668. The number of hydrogen-bond donors (Lipinski definition) is 0. The number of rotatable bonds is 7. The maximum atomic E-state index is 8.73. The summed E-state index contributed by atoms with van der Waals surface area (Å²) in [6.45, 7) is 5.06. The molecule has 0 saturated carbocycles. The molecule has 0 aromatic heterocycles. The van der Waals surface area contributed by atoms with Crippen LogP contribution in [0, 0.1) is 17.2 Å². The van der Waals surface area contributed by atoms with Crippen LogP contribution in [0.4, 0.5) is 0 Å². The van der Waals surface area contributed by atoms with Crippen molar-refractivity contribution in [3.63, 3.8) is 0 Å². The Kier molecular flexibility index (Phi) is 6.52. The number of likely N-dealkylation sites (tertiary alicyclic amines) is 1. The summed E-state index contributed by atoms with van der Waals surface area (Å²) in [7, 11) is 1.78. The van der Waals surface area contributed by atoms with Gasteiger partial charge in [0.1, 0.15) is 5.75 Å². The second kappa shape index (κ2) is 8.66. The van der Waals surface area contributed by atoms with Crippen molar-refractivity contribution in [3.05, 3.63) is 29.8 Å². The third-order valence-electron chi connectivity index (χ3n) is 3.98. The molecule has 1 heterocycles. The fourth-order valence-corrected chi connectivity index (χ4v) is 2.72. The number of nitriles is 1. The van der Waals surface area contributed by atoms with Gasteiger partial charge in [-0.1, -0.05) is 0 Å². The van der Waals surface area contributed by atoms with Crippen LogP contribution >= 0.6 is 0 Å². The molecule has 114 valence electrons. The Hall–Kier alpha value is -1.57. The summed E-state index contributed by atoms with van der Waals surface area (Å²) in [5.41, 5.74) is 0.668. The van der Waals surface area contributed by atoms with Crippen LogP contribution < -0.4 is 4.74 Å². The third kappa shape index (κ3) is 5.37. The molecule has 21 heavy (non-hydrogen) atoms. The normalized spacial score (nSPS) is 16.6. The van der Waals surface area contributed by atoms with E-state index in [0.29, 0.717) is 5.56 Å². The van der Waals surface area contributed by atoms with Gasteiger partial charge in [0, 0.05) is 20.3 Å². The molecule has 1 aliphatic rings. The topological polar surface area (TPSA) is 45.5 Å². The van der Waals surface area contributed by atoms with Crippen molar-refractivity contribution < 1.29 is 9.47 Å². The van der Waals surface area contributed by atoms with Gasteiger partial charge >= 0.3 is 0 Å². The highest BCUT2D eigenvalue weighted by molar-refractivity contribution is 5.34. The van der Waals surface area contributed by atoms with Crippen LogP contribution in [-0.2, 0) is 4.74 Å². The second-order valence-electron chi connectivity index (χ2n) is 5.58. The zero-order valence-electron chi connectivity index (χ0n) is 12.8. The summed E-state index contributed by atoms with van der Waals surface area (Å²) >= 11 is 0. The van der Waals surface area contributed by atoms with Crippen LogP contribution in [0.3, 0.4) is 0 Å². The molecule has 0 atom stereocenters. The molecule has 4 nitrogen and oxygen atoms in total. The van der Waals surface area contributed by atoms with Gasteiger partial charge in [0.15, 0.2) is 0 Å². The molecule has 0 spiro atoms. The largest absolute Gasteiger partial charge is 0.494 e. The first-order valence-corrected chi connectivity index (χ1v) is 7.66. The Morgan fingerprint density at radius 2 is 1.95 bits per heavy atom. The molecular weight excluding hydrogens is 264 g/mol. The van der Waals surface area contributed by atoms with Gasteiger partial charge in [-0.05, 0) is 62.5 Å². The molecule has 1 aliphatic heterocycles. The predicted molar refractivity (Wildman–Crippen MR) is 82.3 cm³/mol. The van der Waals surface area contributed by atoms with Crippen molar-refractivity contribution in [1.82, 2.24) is 4.90 Å². The van der Waals surface area contributed by atoms with Crippen LogP contribution in [0.2, 0.25) is 0 Å². The van der Waals surface area contributed by atoms with Gasteiger partial charge in [-0.2, -0.15) is 5.26 Å². The van der Waals surface area contributed by atoms with Gasteiger partial charge in [0.05, 0.1) is 18.2 Å². The summed E-state index contributed by atoms with van der Waals surface area (Å²) in [6, 6.07) is 9.39. The SMILES string of the molecule is COCC1CCN(CCCOc2ccc(C#N)cc2)CC1. The highest BCUT2D eigenvalue weighted by Gasteiger charge is 2.18. The van der Waals surface area contributed by atoms with Crippen LogP contribution in [0.25, 0.3) is 0 Å². The van der Waals surface area contributed by atoms with E-state index < -0.39 is 0 Å². The van der Waals surface area contributed by atoms with Crippen molar-refractivity contribution in [3.8, 4) is 11.8 Å². The van der Waals surface area contributed by atoms with Crippen LogP contribution in [0.5, 0.6) is 5.75 Å². The number of piperidine rings is 1. The molecule has 2 rings (SSSR count). The zero-order valence-corrected chi connectivity index (χ0v) is 12.8. The Labute approximate surface area is 127 Å². The Bertz CT molecular complexity index is 445. The number of ether oxygens (including phenoxy) is 2. The van der Waals surface area contributed by atoms with Crippen molar-refractivity contribution in [2.45, 2.75) is 19.3 Å². The molecule has 0 aliphatic carbocycles. The summed E-state index contributed by atoms with van der Waals surface area (Å²) in [5.74, 6) is 1.58. The molecule has 4 heteroatoms. The predicted octanol–water partition coefficient (Wildman–Crippen LogP) is 2.69. The van der Waals surface area contributed by atoms with Crippen LogP contribution in [-0.4, -0.2) is 44.9 Å². The van der Waals surface area contributed by atoms with Gasteiger partial charge in [-0.25, -0.2) is 0 Å². The first-order valence-electron chi connectivity index (χ1n) is 7.66. The number of nitrogens with zero attached hydrogens (tertiary/aromatic N) is 2. The van der Waals surface area contributed by atoms with E-state index in [1.165, 1.54) is 25.9 Å². The lowest BCUT2D eigenvalue weighted by molar-refractivity contribution is 0.0970. The molecule has 1 fully saturated rings. The molecule has 1 saturated heterocycles. The monoisotopic (exact) mass is 288 g/mol. The molecule has 0 amide bonds. The Morgan fingerprint density at radius 3 is 2.57 bits per heavy atom. The van der Waals surface area contributed by atoms with E-state index in [0.717, 1.165) is 37.8 Å². The first-order chi connectivity index (χ1) is 10.3. The summed E-state index contributed by atoms with van der Waals surface area (Å²) in [5, 5.41) is 8.73. The van der Waals surface area contributed by atoms with Crippen molar-refractivity contribution in [1.29, 1.82) is 5.26 Å². The second-order valence-corrected chi connectivity index (χ2v) is 5.58. The van der Waals surface area contributed by atoms with Crippen molar-refractivity contribution >= 4 is 0 Å². The summed E-state index contributed by atoms with van der Waals surface area (Å²) in [4.78, 5) is 2.51. The lowest BCUT2D eigenvalue weighted by Gasteiger charge is -2.31. The first kappa shape index (κ1) is 15.8. The maximum absolute atomic E-state index is 8.73. The van der Waals surface area contributed by atoms with Crippen LogP contribution in [0.1, 0.15) is 24.8 Å². The average Bonchev–Trinajstić information content (AvgIpc) is 2.54. The summed E-state index contributed by atoms with van der Waals surface area (Å²) < 4.78 is 10.9. The van der Waals surface area contributed by atoms with E-state index >= 15 is 0 Å². The minimum Gasteiger partial charge on any atom is -0.494 e. The quantitative estimate of drug-likeness (QED) is 0.724. The van der Waals surface area contributed by atoms with Crippen LogP contribution in [0.15, 0.2) is 24.3 Å². The number of benzene rings is 1. The maximum Gasteiger partial charge on any atom is 0.119 e. The molecule has 0 radical (unpaired) electrons. The van der Waals surface area contributed by atoms with E-state index in [4.69, 9.17) is 14.7 Å². The summed E-state index contributed by atoms with van der Waals surface area (Å²) in [6.07, 6.45) is 3.52. The zero-order chi connectivity index (χ0) is 14.9. The van der Waals surface area contributed by atoms with E-state index in [-0.39, 0.29) is 0 Å². The number of methoxy groups -OCH3 is 1. The lowest BCUT2D eigenvalue weighted by Crippen LogP contribution is -2.36. The van der Waals surface area contributed by atoms with E-state index in [1.54, 1.807) is 19.2 Å². The molecule has 0 unspecified atom stereocenters. The van der Waals surface area contributed by atoms with Crippen molar-refractivity contribution in [2.75, 3.05) is 40.0 Å². The fourth-order valence-electron chi connectivity index (χ4n) is 2.72. The van der Waals surface area contributed by atoms with Crippen molar-refractivity contribution in [2.24, 2.45) is 5.92 Å². The Morgan fingerprint density at radius 1 is 1.24 bits per heavy atom. The standard InChI is InChI=1S/C17H24N2O2/c1-20-14-16-7-10-19(11-8-16)9-2-12-21-17-5-3-15(13-18)4-6-17/h3-6,16H,2,7-12,14H2,1H3. The van der Waals surface area contributed by atoms with E-state index in [2.05, 4.69) is 11.0 Å². The van der Waals surface area contributed by atoms with Gasteiger partial charge in [0.25, 0.3) is 0 Å². The Balaban J connectivity index is 1.59. The van der Waals surface area contributed by atoms with E-state index in [1.807, 2.05) is 12.1 Å². The number of hydrogen-bond acceptors (Lipinski definition) is 4. The minimum atomic E-state index is 0.668. The van der Waals surface area contributed by atoms with Gasteiger partial charge < -0.3 is 14.4 Å². The lowest BCUT2D eigenvalue weighted by atomic mass is 9.98. The van der Waals surface area contributed by atoms with Gasteiger partial charge in [-0.15, -0.1) is 0 Å². The molecule has 0 bridgehead atoms. The average molecular weight is 288 g/mol. The van der Waals surface area contributed by atoms with E-state index in [9.17, 15) is 0 Å². The highest BCUT2D eigenvalue weighted by Crippen LogP contribution is 2.17. The van der Waals surface area contributed by atoms with Gasteiger partial charge in [0.2, 0.25) is 0 Å². The fraction of sp³-hybridized carbons (Fsp3) is 0.588. The smallest absolute Gasteiger partial charge is 0.119 e. The molecule has 1 aromatic rings. The molecule has 0 N–H and O–H groups in total. The highest BCUT2D eigenvalue weighted by atomic mass is 16.5.